The molecule has 0 amide bonds. The lowest BCUT2D eigenvalue weighted by Gasteiger charge is -2.49. The van der Waals surface area contributed by atoms with Crippen LogP contribution in [-0.2, 0) is 0 Å². The molecular formula is C24H26Cl2Si. The Labute approximate surface area is 173 Å². The average Bonchev–Trinajstić information content (AvgIpc) is 3.13. The van der Waals surface area contributed by atoms with Crippen molar-refractivity contribution in [2.75, 3.05) is 0 Å². The molecule has 2 aromatic rings. The van der Waals surface area contributed by atoms with Crippen LogP contribution in [0.25, 0.3) is 12.2 Å². The van der Waals surface area contributed by atoms with E-state index in [1.807, 2.05) is 0 Å². The van der Waals surface area contributed by atoms with E-state index in [0.717, 1.165) is 10.1 Å². The van der Waals surface area contributed by atoms with Crippen molar-refractivity contribution in [1.29, 1.82) is 0 Å². The lowest BCUT2D eigenvalue weighted by molar-refractivity contribution is 0.799. The van der Waals surface area contributed by atoms with E-state index in [1.54, 1.807) is 0 Å². The fourth-order valence-electron chi connectivity index (χ4n) is 5.75. The second kappa shape index (κ2) is 6.95. The first-order valence-electron chi connectivity index (χ1n) is 9.81. The SMILES string of the molecule is CC(C)[Si](C(C)C)(C1C(Cl)=Cc2ccccc21)C1C(Cl)=Cc2ccccc21. The highest BCUT2D eigenvalue weighted by Gasteiger charge is 2.57. The molecule has 0 nitrogen and oxygen atoms in total. The van der Waals surface area contributed by atoms with Crippen LogP contribution in [0.15, 0.2) is 58.6 Å². The number of hydrogen-bond acceptors (Lipinski definition) is 0. The molecule has 4 rings (SSSR count). The molecule has 2 aliphatic rings. The van der Waals surface area contributed by atoms with Crippen molar-refractivity contribution >= 4 is 43.4 Å². The molecule has 0 saturated carbocycles. The Morgan fingerprint density at radius 3 is 1.41 bits per heavy atom. The summed E-state index contributed by atoms with van der Waals surface area (Å²) in [6.45, 7) is 9.57. The largest absolute Gasteiger partial charge is 0.0888 e. The zero-order valence-corrected chi connectivity index (χ0v) is 18.9. The third-order valence-corrected chi connectivity index (χ3v) is 15.0. The van der Waals surface area contributed by atoms with Crippen molar-refractivity contribution in [2.24, 2.45) is 0 Å². The van der Waals surface area contributed by atoms with E-state index in [9.17, 15) is 0 Å². The summed E-state index contributed by atoms with van der Waals surface area (Å²) in [5, 5.41) is 2.00. The molecule has 2 aromatic carbocycles. The second-order valence-electron chi connectivity index (χ2n) is 8.49. The van der Waals surface area contributed by atoms with Gasteiger partial charge in [0.15, 0.2) is 0 Å². The van der Waals surface area contributed by atoms with Crippen LogP contribution in [0.4, 0.5) is 0 Å². The molecule has 0 radical (unpaired) electrons. The van der Waals surface area contributed by atoms with Crippen LogP contribution in [-0.4, -0.2) is 8.07 Å². The van der Waals surface area contributed by atoms with Gasteiger partial charge in [0.05, 0.1) is 8.07 Å². The van der Waals surface area contributed by atoms with Gasteiger partial charge in [-0.25, -0.2) is 0 Å². The van der Waals surface area contributed by atoms with Gasteiger partial charge in [0.2, 0.25) is 0 Å². The Bertz CT molecular complexity index is 861. The summed E-state index contributed by atoms with van der Waals surface area (Å²) in [7, 11) is -2.11. The maximum atomic E-state index is 7.00. The lowest BCUT2D eigenvalue weighted by atomic mass is 10.1. The van der Waals surface area contributed by atoms with Gasteiger partial charge < -0.3 is 0 Å². The van der Waals surface area contributed by atoms with E-state index in [2.05, 4.69) is 88.4 Å². The molecular weight excluding hydrogens is 387 g/mol. The van der Waals surface area contributed by atoms with Crippen LogP contribution in [0.2, 0.25) is 11.1 Å². The molecule has 0 heterocycles. The number of fused-ring (bicyclic) bond motifs is 2. The van der Waals surface area contributed by atoms with Gasteiger partial charge in [0.25, 0.3) is 0 Å². The van der Waals surface area contributed by atoms with Crippen LogP contribution >= 0.6 is 23.2 Å². The summed E-state index contributed by atoms with van der Waals surface area (Å²) < 4.78 is 0. The standard InChI is InChI=1S/C24H26Cl2Si/c1-15(2)27(16(3)4,23-19-11-7-5-9-17(19)13-21(23)25)24-20-12-8-6-10-18(20)14-22(24)26/h5-16,23-24H,1-4H3. The van der Waals surface area contributed by atoms with Crippen LogP contribution in [0, 0.1) is 0 Å². The normalized spacial score (nSPS) is 21.3. The summed E-state index contributed by atoms with van der Waals surface area (Å²) in [5.74, 6) is 0. The summed E-state index contributed by atoms with van der Waals surface area (Å²) in [5.41, 5.74) is 6.98. The quantitative estimate of drug-likeness (QED) is 0.444. The molecule has 0 aliphatic heterocycles. The molecule has 2 atom stereocenters. The molecule has 3 heteroatoms. The number of allylic oxidation sites excluding steroid dienone is 2. The van der Waals surface area contributed by atoms with Crippen LogP contribution in [0.1, 0.15) is 61.0 Å². The number of benzene rings is 2. The molecule has 27 heavy (non-hydrogen) atoms. The van der Waals surface area contributed by atoms with Crippen LogP contribution in [0.5, 0.6) is 0 Å². The zero-order chi connectivity index (χ0) is 19.3. The minimum Gasteiger partial charge on any atom is -0.0888 e. The molecule has 0 aromatic heterocycles. The fraction of sp³-hybridized carbons (Fsp3) is 0.333. The molecule has 2 unspecified atom stereocenters. The molecule has 0 fully saturated rings. The number of halogens is 2. The predicted molar refractivity (Wildman–Crippen MR) is 122 cm³/mol. The van der Waals surface area contributed by atoms with Crippen molar-refractivity contribution < 1.29 is 0 Å². The Hall–Kier alpha value is -1.28. The molecule has 2 aliphatic carbocycles. The highest BCUT2D eigenvalue weighted by Crippen LogP contribution is 2.61. The van der Waals surface area contributed by atoms with Gasteiger partial charge in [-0.3, -0.25) is 0 Å². The highest BCUT2D eigenvalue weighted by molar-refractivity contribution is 6.88. The maximum absolute atomic E-state index is 7.00. The Morgan fingerprint density at radius 2 is 1.04 bits per heavy atom. The fourth-order valence-corrected chi connectivity index (χ4v) is 14.4. The molecule has 0 spiro atoms. The second-order valence-corrected chi connectivity index (χ2v) is 14.8. The number of hydrogen-bond donors (Lipinski definition) is 0. The van der Waals surface area contributed by atoms with Gasteiger partial charge in [0.1, 0.15) is 0 Å². The van der Waals surface area contributed by atoms with Crippen molar-refractivity contribution in [2.45, 2.75) is 49.9 Å². The van der Waals surface area contributed by atoms with Gasteiger partial charge in [-0.2, -0.15) is 0 Å². The minimum atomic E-state index is -2.11. The van der Waals surface area contributed by atoms with E-state index in [1.165, 1.54) is 22.3 Å². The van der Waals surface area contributed by atoms with Gasteiger partial charge in [-0.15, -0.1) is 0 Å². The zero-order valence-electron chi connectivity index (χ0n) is 16.3. The van der Waals surface area contributed by atoms with Crippen LogP contribution in [0.3, 0.4) is 0 Å². The molecule has 0 bridgehead atoms. The van der Waals surface area contributed by atoms with Crippen molar-refractivity contribution in [1.82, 2.24) is 0 Å². The van der Waals surface area contributed by atoms with Crippen LogP contribution < -0.4 is 0 Å². The monoisotopic (exact) mass is 412 g/mol. The van der Waals surface area contributed by atoms with E-state index >= 15 is 0 Å². The van der Waals surface area contributed by atoms with Gasteiger partial charge in [0, 0.05) is 21.1 Å². The highest BCUT2D eigenvalue weighted by atomic mass is 35.5. The molecule has 0 N–H and O–H groups in total. The van der Waals surface area contributed by atoms with Crippen molar-refractivity contribution in [3.8, 4) is 0 Å². The average molecular weight is 413 g/mol. The summed E-state index contributed by atoms with van der Waals surface area (Å²) in [6, 6.07) is 17.4. The van der Waals surface area contributed by atoms with Gasteiger partial charge in [-0.1, -0.05) is 99.4 Å². The Morgan fingerprint density at radius 1 is 0.667 bits per heavy atom. The first kappa shape index (κ1) is 19.1. The van der Waals surface area contributed by atoms with E-state index in [4.69, 9.17) is 23.2 Å². The predicted octanol–water partition coefficient (Wildman–Crippen LogP) is 8.09. The lowest BCUT2D eigenvalue weighted by Crippen LogP contribution is -2.53. The molecule has 140 valence electrons. The third-order valence-electron chi connectivity index (χ3n) is 6.75. The van der Waals surface area contributed by atoms with E-state index < -0.39 is 8.07 Å². The maximum Gasteiger partial charge on any atom is 0.0862 e. The molecule has 0 saturated heterocycles. The first-order chi connectivity index (χ1) is 12.9. The van der Waals surface area contributed by atoms with Crippen molar-refractivity contribution in [3.05, 3.63) is 80.8 Å². The Kier molecular flexibility index (Phi) is 4.91. The van der Waals surface area contributed by atoms with Crippen molar-refractivity contribution in [3.63, 3.8) is 0 Å². The summed E-state index contributed by atoms with van der Waals surface area (Å²) in [4.78, 5) is 0. The first-order valence-corrected chi connectivity index (χ1v) is 12.9. The topological polar surface area (TPSA) is 0 Å². The van der Waals surface area contributed by atoms with E-state index in [0.29, 0.717) is 11.1 Å². The summed E-state index contributed by atoms with van der Waals surface area (Å²) >= 11 is 14.0. The number of rotatable bonds is 4. The minimum absolute atomic E-state index is 0.286. The van der Waals surface area contributed by atoms with Gasteiger partial charge >= 0.3 is 0 Å². The third kappa shape index (κ3) is 2.70. The smallest absolute Gasteiger partial charge is 0.0862 e. The summed E-state index contributed by atoms with van der Waals surface area (Å²) in [6.07, 6.45) is 4.37. The van der Waals surface area contributed by atoms with E-state index in [-0.39, 0.29) is 11.1 Å². The Balaban J connectivity index is 1.99. The van der Waals surface area contributed by atoms with Gasteiger partial charge in [-0.05, 0) is 45.5 Å².